The number of nitrogens with zero attached hydrogens (tertiary/aromatic N) is 6. The molecule has 3 aromatic carbocycles. The Bertz CT molecular complexity index is 2300. The lowest BCUT2D eigenvalue weighted by Gasteiger charge is -2.44. The zero-order valence-corrected chi connectivity index (χ0v) is 32.6. The van der Waals surface area contributed by atoms with Gasteiger partial charge in [-0.05, 0) is 87.0 Å². The van der Waals surface area contributed by atoms with Crippen LogP contribution in [0.4, 0.5) is 23.0 Å². The number of nitrogens with two attached hydrogens (primary N) is 1. The number of carbonyl (C=O) groups is 3. The molecule has 57 heavy (non-hydrogen) atoms. The largest absolute Gasteiger partial charge is 0.370 e. The summed E-state index contributed by atoms with van der Waals surface area (Å²) < 4.78 is 5.85. The highest BCUT2D eigenvalue weighted by atomic mass is 16.5. The van der Waals surface area contributed by atoms with Gasteiger partial charge in [0.05, 0.1) is 17.0 Å². The minimum absolute atomic E-state index is 0.190. The van der Waals surface area contributed by atoms with Gasteiger partial charge in [0.25, 0.3) is 5.91 Å². The summed E-state index contributed by atoms with van der Waals surface area (Å²) in [6.07, 6.45) is 8.11. The van der Waals surface area contributed by atoms with Crippen LogP contribution in [0.25, 0.3) is 21.7 Å². The molecule has 0 spiro atoms. The lowest BCUT2D eigenvalue weighted by atomic mass is 9.88. The Hall–Kier alpha value is -5.56. The van der Waals surface area contributed by atoms with Crippen LogP contribution < -0.4 is 26.2 Å². The molecule has 9 rings (SSSR count). The summed E-state index contributed by atoms with van der Waals surface area (Å²) in [5.41, 5.74) is 11.5. The van der Waals surface area contributed by atoms with Crippen molar-refractivity contribution >= 4 is 62.5 Å². The van der Waals surface area contributed by atoms with Gasteiger partial charge >= 0.3 is 0 Å². The lowest BCUT2D eigenvalue weighted by Crippen LogP contribution is -2.52. The molecule has 13 nitrogen and oxygen atoms in total. The predicted octanol–water partition coefficient (Wildman–Crippen LogP) is 6.39. The number of aromatic nitrogens is 3. The number of anilines is 4. The first-order valence-electron chi connectivity index (χ1n) is 20.8. The second kappa shape index (κ2) is 15.8. The minimum atomic E-state index is -0.575. The average Bonchev–Trinajstić information content (AvgIpc) is 3.64. The molecule has 4 aliphatic rings. The Kier molecular flexibility index (Phi) is 10.2. The smallest absolute Gasteiger partial charge is 0.271 e. The zero-order valence-electron chi connectivity index (χ0n) is 32.6. The first-order valence-corrected chi connectivity index (χ1v) is 20.8. The standard InChI is InChI=1S/C44H51N9O4/c1-2-8-34-43(52-19-6-3-7-20-52)49-42(40(47-34)41(45)55)46-30-13-11-28(12-14-30)29-17-21-51(22-18-29)24-27-25-53(26-27)35-23-36-38(32-10-5-4-9-31(32)35)39(50-57-36)33-15-16-37(54)48-44(33)56/h4-5,9-14,23,27,29,33H,2-3,6-8,15-22,24-26H2,1H3,(H2,45,55)(H,46,49)(H,48,54,56). The molecule has 0 saturated carbocycles. The van der Waals surface area contributed by atoms with Gasteiger partial charge < -0.3 is 30.3 Å². The number of fused-ring (bicyclic) bond motifs is 3. The van der Waals surface area contributed by atoms with E-state index < -0.39 is 11.8 Å². The molecule has 4 fully saturated rings. The Morgan fingerprint density at radius 2 is 1.68 bits per heavy atom. The fourth-order valence-corrected chi connectivity index (χ4v) is 9.42. The quantitative estimate of drug-likeness (QED) is 0.128. The molecule has 4 aliphatic heterocycles. The van der Waals surface area contributed by atoms with Crippen LogP contribution >= 0.6 is 0 Å². The average molecular weight is 770 g/mol. The molecule has 5 aromatic rings. The van der Waals surface area contributed by atoms with Gasteiger partial charge in [0.2, 0.25) is 11.8 Å². The third-order valence-corrected chi connectivity index (χ3v) is 12.4. The van der Waals surface area contributed by atoms with Gasteiger partial charge in [0.1, 0.15) is 5.69 Å². The van der Waals surface area contributed by atoms with E-state index >= 15 is 0 Å². The van der Waals surface area contributed by atoms with Crippen LogP contribution in [0, 0.1) is 5.92 Å². The number of amides is 3. The molecule has 13 heteroatoms. The van der Waals surface area contributed by atoms with Crippen molar-refractivity contribution in [2.75, 3.05) is 60.9 Å². The maximum Gasteiger partial charge on any atom is 0.271 e. The summed E-state index contributed by atoms with van der Waals surface area (Å²) in [7, 11) is 0. The lowest BCUT2D eigenvalue weighted by molar-refractivity contribution is -0.134. The summed E-state index contributed by atoms with van der Waals surface area (Å²) in [5.74, 6) is 0.739. The molecule has 0 aliphatic carbocycles. The Labute approximate surface area is 332 Å². The van der Waals surface area contributed by atoms with Gasteiger partial charge in [0, 0.05) is 67.9 Å². The topological polar surface area (TPSA) is 163 Å². The minimum Gasteiger partial charge on any atom is -0.370 e. The number of nitrogens with one attached hydrogen (secondary N) is 2. The number of carbonyl (C=O) groups excluding carboxylic acids is 3. The number of benzene rings is 3. The van der Waals surface area contributed by atoms with Crippen LogP contribution in [-0.4, -0.2) is 83.6 Å². The number of rotatable bonds is 11. The van der Waals surface area contributed by atoms with E-state index in [0.29, 0.717) is 41.8 Å². The molecule has 1 atom stereocenters. The third kappa shape index (κ3) is 7.40. The Balaban J connectivity index is 0.813. The molecule has 296 valence electrons. The van der Waals surface area contributed by atoms with E-state index in [1.807, 2.05) is 6.07 Å². The van der Waals surface area contributed by atoms with Gasteiger partial charge in [0.15, 0.2) is 22.9 Å². The second-order valence-corrected chi connectivity index (χ2v) is 16.3. The summed E-state index contributed by atoms with van der Waals surface area (Å²) in [6.45, 7) is 9.17. The van der Waals surface area contributed by atoms with Crippen molar-refractivity contribution in [1.29, 1.82) is 0 Å². The van der Waals surface area contributed by atoms with Gasteiger partial charge in [-0.1, -0.05) is 54.9 Å². The zero-order chi connectivity index (χ0) is 39.0. The normalized spacial score (nSPS) is 19.9. The number of hydrogen-bond donors (Lipinski definition) is 3. The van der Waals surface area contributed by atoms with Crippen LogP contribution in [0.3, 0.4) is 0 Å². The summed E-state index contributed by atoms with van der Waals surface area (Å²) in [4.78, 5) is 54.1. The Morgan fingerprint density at radius 3 is 2.40 bits per heavy atom. The summed E-state index contributed by atoms with van der Waals surface area (Å²) in [6, 6.07) is 18.9. The van der Waals surface area contributed by atoms with E-state index in [1.165, 1.54) is 12.0 Å². The number of aryl methyl sites for hydroxylation is 1. The van der Waals surface area contributed by atoms with Crippen molar-refractivity contribution in [3.8, 4) is 0 Å². The third-order valence-electron chi connectivity index (χ3n) is 12.4. The second-order valence-electron chi connectivity index (χ2n) is 16.3. The molecular formula is C44H51N9O4. The highest BCUT2D eigenvalue weighted by molar-refractivity contribution is 6.14. The highest BCUT2D eigenvalue weighted by Crippen LogP contribution is 2.41. The highest BCUT2D eigenvalue weighted by Gasteiger charge is 2.35. The molecule has 6 heterocycles. The van der Waals surface area contributed by atoms with Crippen molar-refractivity contribution in [3.05, 3.63) is 77.2 Å². The number of hydrogen-bond acceptors (Lipinski definition) is 11. The van der Waals surface area contributed by atoms with Crippen LogP contribution in [-0.2, 0) is 16.0 Å². The fourth-order valence-electron chi connectivity index (χ4n) is 9.42. The Morgan fingerprint density at radius 1 is 0.930 bits per heavy atom. The van der Waals surface area contributed by atoms with Crippen molar-refractivity contribution in [1.82, 2.24) is 25.3 Å². The van der Waals surface area contributed by atoms with Crippen molar-refractivity contribution in [2.45, 2.75) is 76.5 Å². The van der Waals surface area contributed by atoms with Crippen molar-refractivity contribution in [2.24, 2.45) is 11.7 Å². The molecule has 1 unspecified atom stereocenters. The van der Waals surface area contributed by atoms with Gasteiger partial charge in [-0.3, -0.25) is 19.7 Å². The van der Waals surface area contributed by atoms with Crippen LogP contribution in [0.1, 0.15) is 97.6 Å². The fraction of sp³-hybridized carbons (Fsp3) is 0.455. The molecule has 3 amide bonds. The number of likely N-dealkylation sites (tertiary alicyclic amines) is 1. The first kappa shape index (κ1) is 37.0. The molecule has 4 saturated heterocycles. The molecule has 0 bridgehead atoms. The van der Waals surface area contributed by atoms with Crippen LogP contribution in [0.5, 0.6) is 0 Å². The maximum atomic E-state index is 12.7. The summed E-state index contributed by atoms with van der Waals surface area (Å²) in [5, 5.41) is 13.2. The van der Waals surface area contributed by atoms with E-state index in [0.717, 1.165) is 123 Å². The molecule has 0 radical (unpaired) electrons. The molecular weight excluding hydrogens is 719 g/mol. The molecule has 2 aromatic heterocycles. The molecule has 4 N–H and O–H groups in total. The summed E-state index contributed by atoms with van der Waals surface area (Å²) >= 11 is 0. The van der Waals surface area contributed by atoms with Gasteiger partial charge in [-0.2, -0.15) is 0 Å². The number of primary amides is 1. The van der Waals surface area contributed by atoms with E-state index in [2.05, 4.69) is 85.9 Å². The maximum absolute atomic E-state index is 12.7. The van der Waals surface area contributed by atoms with E-state index in [-0.39, 0.29) is 17.5 Å². The first-order chi connectivity index (χ1) is 27.8. The van der Waals surface area contributed by atoms with E-state index in [4.69, 9.17) is 20.2 Å². The monoisotopic (exact) mass is 769 g/mol. The van der Waals surface area contributed by atoms with Crippen LogP contribution in [0.15, 0.2) is 59.1 Å². The van der Waals surface area contributed by atoms with Crippen molar-refractivity contribution < 1.29 is 18.9 Å². The number of piperidine rings is 3. The van der Waals surface area contributed by atoms with E-state index in [1.54, 1.807) is 0 Å². The number of imide groups is 1. The van der Waals surface area contributed by atoms with Crippen molar-refractivity contribution in [3.63, 3.8) is 0 Å². The van der Waals surface area contributed by atoms with Gasteiger partial charge in [-0.25, -0.2) is 9.97 Å². The SMILES string of the molecule is CCCc1nc(C(N)=O)c(Nc2ccc(C3CCN(CC4CN(c5cc6onc(C7CCC(=O)NC7=O)c6c6ccccc56)C4)CC3)cc2)nc1N1CCCCC1. The van der Waals surface area contributed by atoms with Crippen LogP contribution in [0.2, 0.25) is 0 Å². The van der Waals surface area contributed by atoms with E-state index in [9.17, 15) is 14.4 Å². The predicted molar refractivity (Wildman–Crippen MR) is 221 cm³/mol. The van der Waals surface area contributed by atoms with Gasteiger partial charge in [-0.15, -0.1) is 0 Å².